The van der Waals surface area contributed by atoms with E-state index in [1.54, 1.807) is 6.20 Å². The summed E-state index contributed by atoms with van der Waals surface area (Å²) in [6.07, 6.45) is -2.05. The molecular formula is C25H24ClF7N10O4. The molecule has 1 fully saturated rings. The summed E-state index contributed by atoms with van der Waals surface area (Å²) < 4.78 is 78.9. The third-order valence-electron chi connectivity index (χ3n) is 6.36. The van der Waals surface area contributed by atoms with E-state index in [9.17, 15) is 36.0 Å². The van der Waals surface area contributed by atoms with Gasteiger partial charge in [-0.15, -0.1) is 0 Å². The number of H-pyrrole nitrogens is 1. The van der Waals surface area contributed by atoms with Gasteiger partial charge >= 0.3 is 24.3 Å². The monoisotopic (exact) mass is 696 g/mol. The number of anilines is 2. The minimum absolute atomic E-state index is 0. The van der Waals surface area contributed by atoms with Gasteiger partial charge in [0, 0.05) is 48.4 Å². The van der Waals surface area contributed by atoms with Crippen LogP contribution in [-0.2, 0) is 9.59 Å². The molecule has 5 heterocycles. The quantitative estimate of drug-likeness (QED) is 0.137. The van der Waals surface area contributed by atoms with Crippen molar-refractivity contribution >= 4 is 46.1 Å². The Labute approximate surface area is 264 Å². The van der Waals surface area contributed by atoms with E-state index in [0.29, 0.717) is 25.3 Å². The van der Waals surface area contributed by atoms with Crippen LogP contribution in [0.5, 0.6) is 0 Å². The number of hydrogen-bond donors (Lipinski definition) is 5. The highest BCUT2D eigenvalue weighted by atomic mass is 35.5. The zero-order valence-electron chi connectivity index (χ0n) is 23.6. The van der Waals surface area contributed by atoms with Crippen LogP contribution in [0.2, 0.25) is 5.15 Å². The minimum Gasteiger partial charge on any atom is -0.475 e. The summed E-state index contributed by atoms with van der Waals surface area (Å²) in [4.78, 5) is 35.6. The topological polar surface area (TPSA) is 235 Å². The highest BCUT2D eigenvalue weighted by molar-refractivity contribution is 6.29. The van der Waals surface area contributed by atoms with Gasteiger partial charge in [-0.05, 0) is 12.5 Å². The first-order chi connectivity index (χ1) is 21.4. The molecule has 14 nitrogen and oxygen atoms in total. The molecule has 22 heteroatoms. The van der Waals surface area contributed by atoms with Gasteiger partial charge in [-0.25, -0.2) is 28.9 Å². The van der Waals surface area contributed by atoms with Crippen molar-refractivity contribution in [2.45, 2.75) is 31.2 Å². The number of nitrogen functional groups attached to an aromatic ring is 1. The number of nitrogens with two attached hydrogens (primary N) is 1. The van der Waals surface area contributed by atoms with Crippen molar-refractivity contribution in [3.63, 3.8) is 0 Å². The van der Waals surface area contributed by atoms with E-state index in [4.69, 9.17) is 37.1 Å². The number of nitrogens with one attached hydrogen (secondary N) is 1. The van der Waals surface area contributed by atoms with Gasteiger partial charge in [0.2, 0.25) is 0 Å². The number of hydrogen-bond acceptors (Lipinski definition) is 10. The number of aliphatic carboxylic acids is 2. The van der Waals surface area contributed by atoms with Crippen LogP contribution in [0.15, 0.2) is 37.1 Å². The molecule has 47 heavy (non-hydrogen) atoms. The van der Waals surface area contributed by atoms with Gasteiger partial charge in [-0.2, -0.15) is 36.7 Å². The van der Waals surface area contributed by atoms with Crippen molar-refractivity contribution in [3.05, 3.63) is 48.0 Å². The molecular weight excluding hydrogens is 673 g/mol. The standard InChI is InChI=1S/C21H19ClFN9.2C2HF3O2.H3N/c22-19-15(23)7-16(25)21(30-19)31-6-3-12(9-31)17(1-4-24)32-10-13(8-29-32)18-14-2-5-26-20(14)28-11-27-18;2*3-2(4,5)1(6)7;/h2,5,7-8,10-12,17H,1,3,6,9,25H2,(H,26,27,28);2*(H,6,7);1H3/t12-,17?;;;/m0.../s1. The summed E-state index contributed by atoms with van der Waals surface area (Å²) in [6.45, 7) is 1.28. The molecule has 0 radical (unpaired) electrons. The number of carboxylic acid groups (broad SMARTS) is 2. The second kappa shape index (κ2) is 15.4. The Bertz CT molecular complexity index is 1720. The molecule has 1 aliphatic rings. The molecule has 0 saturated carbocycles. The van der Waals surface area contributed by atoms with Crippen molar-refractivity contribution in [3.8, 4) is 17.3 Å². The van der Waals surface area contributed by atoms with Gasteiger partial charge in [0.15, 0.2) is 16.8 Å². The summed E-state index contributed by atoms with van der Waals surface area (Å²) in [5, 5.41) is 29.0. The lowest BCUT2D eigenvalue weighted by Gasteiger charge is -2.23. The first-order valence-electron chi connectivity index (χ1n) is 12.6. The van der Waals surface area contributed by atoms with Gasteiger partial charge in [0.05, 0.1) is 36.1 Å². The predicted octanol–water partition coefficient (Wildman–Crippen LogP) is 5.00. The summed E-state index contributed by atoms with van der Waals surface area (Å²) in [7, 11) is 0. The van der Waals surface area contributed by atoms with Crippen LogP contribution in [0.1, 0.15) is 18.9 Å². The molecule has 1 unspecified atom stereocenters. The summed E-state index contributed by atoms with van der Waals surface area (Å²) in [5.41, 5.74) is 8.61. The predicted molar refractivity (Wildman–Crippen MR) is 151 cm³/mol. The maximum absolute atomic E-state index is 13.6. The number of nitrogens with zero attached hydrogens (tertiary/aromatic N) is 7. The molecule has 4 aromatic heterocycles. The molecule has 5 rings (SSSR count). The van der Waals surface area contributed by atoms with Crippen molar-refractivity contribution in [2.24, 2.45) is 5.92 Å². The Balaban J connectivity index is 0.000000432. The Hall–Kier alpha value is -5.23. The molecule has 4 aromatic rings. The van der Waals surface area contributed by atoms with Gasteiger partial charge in [0.1, 0.15) is 12.0 Å². The largest absolute Gasteiger partial charge is 0.490 e. The molecule has 0 spiro atoms. The van der Waals surface area contributed by atoms with E-state index in [0.717, 1.165) is 28.7 Å². The van der Waals surface area contributed by atoms with E-state index in [-0.39, 0.29) is 29.0 Å². The van der Waals surface area contributed by atoms with Crippen LogP contribution in [0.3, 0.4) is 0 Å². The third kappa shape index (κ3) is 9.63. The van der Waals surface area contributed by atoms with Crippen LogP contribution >= 0.6 is 11.6 Å². The fraction of sp³-hybridized carbons (Fsp3) is 0.320. The maximum atomic E-state index is 13.6. The Morgan fingerprint density at radius 3 is 2.36 bits per heavy atom. The SMILES string of the molecule is N.N#CCC([C@H]1CCN(c2nc(Cl)c(F)cc2N)C1)n1cc(-c2ncnc3[nH]ccc23)cn1.O=C(O)C(F)(F)F.O=C(O)C(F)(F)F. The van der Waals surface area contributed by atoms with E-state index in [1.807, 2.05) is 28.0 Å². The van der Waals surface area contributed by atoms with Gasteiger partial charge in [0.25, 0.3) is 0 Å². The van der Waals surface area contributed by atoms with Crippen molar-refractivity contribution < 1.29 is 50.5 Å². The van der Waals surface area contributed by atoms with Crippen molar-refractivity contribution in [1.82, 2.24) is 35.9 Å². The van der Waals surface area contributed by atoms with E-state index < -0.39 is 30.1 Å². The molecule has 2 atom stereocenters. The Morgan fingerprint density at radius 1 is 1.17 bits per heavy atom. The van der Waals surface area contributed by atoms with Crippen LogP contribution in [0.4, 0.5) is 42.2 Å². The fourth-order valence-corrected chi connectivity index (χ4v) is 4.47. The van der Waals surface area contributed by atoms with Crippen LogP contribution in [0.25, 0.3) is 22.3 Å². The van der Waals surface area contributed by atoms with E-state index in [1.165, 1.54) is 12.4 Å². The lowest BCUT2D eigenvalue weighted by Crippen LogP contribution is -2.26. The number of fused-ring (bicyclic) bond motifs is 1. The second-order valence-corrected chi connectivity index (χ2v) is 9.73. The third-order valence-corrected chi connectivity index (χ3v) is 6.63. The summed E-state index contributed by atoms with van der Waals surface area (Å²) in [5.74, 6) is -5.56. The average molecular weight is 697 g/mol. The first-order valence-corrected chi connectivity index (χ1v) is 13.0. The number of pyridine rings is 1. The average Bonchev–Trinajstić information content (AvgIpc) is 3.74. The lowest BCUT2D eigenvalue weighted by atomic mass is 9.96. The number of alkyl halides is 6. The molecule has 0 aliphatic carbocycles. The van der Waals surface area contributed by atoms with Crippen LogP contribution in [0, 0.1) is 23.1 Å². The molecule has 1 saturated heterocycles. The molecule has 0 aromatic carbocycles. The Morgan fingerprint density at radius 2 is 1.79 bits per heavy atom. The minimum atomic E-state index is -5.08. The van der Waals surface area contributed by atoms with Gasteiger partial charge in [-0.1, -0.05) is 11.6 Å². The van der Waals surface area contributed by atoms with Crippen molar-refractivity contribution in [2.75, 3.05) is 23.7 Å². The zero-order chi connectivity index (χ0) is 34.4. The highest BCUT2D eigenvalue weighted by Gasteiger charge is 2.39. The van der Waals surface area contributed by atoms with Gasteiger partial charge in [-0.3, -0.25) is 4.68 Å². The number of halogens is 8. The first kappa shape index (κ1) is 38.0. The number of aromatic amines is 1. The zero-order valence-corrected chi connectivity index (χ0v) is 24.4. The van der Waals surface area contributed by atoms with E-state index >= 15 is 0 Å². The fourth-order valence-electron chi connectivity index (χ4n) is 4.33. The normalized spacial score (nSPS) is 15.0. The molecule has 8 N–H and O–H groups in total. The molecule has 0 bridgehead atoms. The second-order valence-electron chi connectivity index (χ2n) is 9.38. The number of nitriles is 1. The number of aromatic nitrogens is 6. The number of rotatable bonds is 5. The molecule has 1 aliphatic heterocycles. The van der Waals surface area contributed by atoms with Crippen molar-refractivity contribution in [1.29, 1.82) is 5.26 Å². The Kier molecular flexibility index (Phi) is 12.4. The van der Waals surface area contributed by atoms with Gasteiger partial charge < -0.3 is 32.0 Å². The number of carbonyl (C=O) groups is 2. The summed E-state index contributed by atoms with van der Waals surface area (Å²) in [6, 6.07) is 5.25. The smallest absolute Gasteiger partial charge is 0.475 e. The molecule has 254 valence electrons. The highest BCUT2D eigenvalue weighted by Crippen LogP contribution is 2.36. The lowest BCUT2D eigenvalue weighted by molar-refractivity contribution is -0.193. The van der Waals surface area contributed by atoms with E-state index in [2.05, 4.69) is 31.1 Å². The van der Waals surface area contributed by atoms with Crippen LogP contribution in [-0.4, -0.2) is 77.3 Å². The number of carboxylic acids is 2. The summed E-state index contributed by atoms with van der Waals surface area (Å²) >= 11 is 5.86. The van der Waals surface area contributed by atoms with Crippen LogP contribution < -0.4 is 16.8 Å². The maximum Gasteiger partial charge on any atom is 0.490 e. The molecule has 0 amide bonds.